The first kappa shape index (κ1) is 26.0. The van der Waals surface area contributed by atoms with E-state index in [1.807, 2.05) is 0 Å². The smallest absolute Gasteiger partial charge is 0.0159 e. The molecule has 0 heterocycles. The van der Waals surface area contributed by atoms with Crippen molar-refractivity contribution in [3.05, 3.63) is 169 Å². The molecule has 0 aromatic heterocycles. The predicted molar refractivity (Wildman–Crippen MR) is 193 cm³/mol. The van der Waals surface area contributed by atoms with Crippen LogP contribution in [-0.2, 0) is 5.41 Å². The lowest BCUT2D eigenvalue weighted by molar-refractivity contribution is 0.660. The minimum Gasteiger partial charge on any atom is -0.0622 e. The summed E-state index contributed by atoms with van der Waals surface area (Å²) in [5.41, 5.74) is 13.1. The highest BCUT2D eigenvalue weighted by Crippen LogP contribution is 2.50. The van der Waals surface area contributed by atoms with E-state index in [9.17, 15) is 0 Å². The van der Waals surface area contributed by atoms with Crippen LogP contribution >= 0.6 is 0 Å². The molecule has 1 aliphatic carbocycles. The summed E-state index contributed by atoms with van der Waals surface area (Å²) in [4.78, 5) is 0. The summed E-state index contributed by atoms with van der Waals surface area (Å²) in [5, 5.41) is 7.66. The Morgan fingerprint density at radius 1 is 0.333 bits per heavy atom. The largest absolute Gasteiger partial charge is 0.0622 e. The molecule has 8 aromatic carbocycles. The van der Waals surface area contributed by atoms with E-state index in [1.54, 1.807) is 0 Å². The van der Waals surface area contributed by atoms with Gasteiger partial charge in [-0.2, -0.15) is 0 Å². The fourth-order valence-electron chi connectivity index (χ4n) is 7.92. The van der Waals surface area contributed by atoms with Gasteiger partial charge < -0.3 is 0 Å². The molecule has 0 aliphatic heterocycles. The standard InChI is InChI=1S/C45H32/c1-45(2)41-23-13-12-18-34(41)35-25-24-31(28-42(35)45)40-27-32(26-30-16-6-7-17-33(30)40)44-38-21-10-8-19-36(38)43(29-14-4-3-5-15-29)37-20-9-11-22-39(37)44/h3-28H,1-2H3. The quantitative estimate of drug-likeness (QED) is 0.185. The Morgan fingerprint density at radius 2 is 0.867 bits per heavy atom. The summed E-state index contributed by atoms with van der Waals surface area (Å²) >= 11 is 0. The van der Waals surface area contributed by atoms with E-state index in [-0.39, 0.29) is 5.41 Å². The van der Waals surface area contributed by atoms with Crippen molar-refractivity contribution >= 4 is 32.3 Å². The molecule has 0 N–H and O–H groups in total. The highest BCUT2D eigenvalue weighted by atomic mass is 14.4. The molecule has 0 fully saturated rings. The monoisotopic (exact) mass is 572 g/mol. The third kappa shape index (κ3) is 3.85. The van der Waals surface area contributed by atoms with Gasteiger partial charge in [0.25, 0.3) is 0 Å². The molecule has 9 rings (SSSR count). The molecule has 0 atom stereocenters. The van der Waals surface area contributed by atoms with Gasteiger partial charge in [0.15, 0.2) is 0 Å². The van der Waals surface area contributed by atoms with Crippen LogP contribution in [0.25, 0.3) is 76.8 Å². The van der Waals surface area contributed by atoms with Gasteiger partial charge in [0.2, 0.25) is 0 Å². The van der Waals surface area contributed by atoms with Crippen molar-refractivity contribution in [2.24, 2.45) is 0 Å². The van der Waals surface area contributed by atoms with E-state index < -0.39 is 0 Å². The number of rotatable bonds is 3. The average Bonchev–Trinajstić information content (AvgIpc) is 3.32. The fraction of sp³-hybridized carbons (Fsp3) is 0.0667. The van der Waals surface area contributed by atoms with Gasteiger partial charge in [-0.3, -0.25) is 0 Å². The van der Waals surface area contributed by atoms with Crippen LogP contribution in [0.5, 0.6) is 0 Å². The van der Waals surface area contributed by atoms with Gasteiger partial charge in [0.05, 0.1) is 0 Å². The maximum Gasteiger partial charge on any atom is 0.0159 e. The fourth-order valence-corrected chi connectivity index (χ4v) is 7.92. The SMILES string of the molecule is CC1(C)c2ccccc2-c2ccc(-c3cc(-c4c5ccccc5c(-c5ccccc5)c5ccccc45)cc4ccccc34)cc21. The van der Waals surface area contributed by atoms with Crippen molar-refractivity contribution in [1.82, 2.24) is 0 Å². The Hall–Kier alpha value is -5.46. The third-order valence-electron chi connectivity index (χ3n) is 10.0. The summed E-state index contributed by atoms with van der Waals surface area (Å²) < 4.78 is 0. The molecule has 1 aliphatic rings. The highest BCUT2D eigenvalue weighted by molar-refractivity contribution is 6.22. The third-order valence-corrected chi connectivity index (χ3v) is 10.0. The lowest BCUT2D eigenvalue weighted by Gasteiger charge is -2.22. The van der Waals surface area contributed by atoms with E-state index in [1.165, 1.54) is 88.0 Å². The zero-order chi connectivity index (χ0) is 30.1. The van der Waals surface area contributed by atoms with Crippen molar-refractivity contribution in [1.29, 1.82) is 0 Å². The van der Waals surface area contributed by atoms with Crippen LogP contribution in [0.1, 0.15) is 25.0 Å². The minimum atomic E-state index is -0.0466. The van der Waals surface area contributed by atoms with Crippen LogP contribution in [0, 0.1) is 0 Å². The van der Waals surface area contributed by atoms with E-state index in [4.69, 9.17) is 0 Å². The van der Waals surface area contributed by atoms with Crippen LogP contribution in [-0.4, -0.2) is 0 Å². The Labute approximate surface area is 264 Å². The van der Waals surface area contributed by atoms with Crippen LogP contribution in [0.2, 0.25) is 0 Å². The van der Waals surface area contributed by atoms with E-state index in [0.29, 0.717) is 0 Å². The van der Waals surface area contributed by atoms with Gasteiger partial charge in [-0.25, -0.2) is 0 Å². The maximum atomic E-state index is 2.45. The molecule has 0 heteroatoms. The van der Waals surface area contributed by atoms with Gasteiger partial charge in [-0.15, -0.1) is 0 Å². The topological polar surface area (TPSA) is 0 Å². The Morgan fingerprint density at radius 3 is 1.56 bits per heavy atom. The molecule has 212 valence electrons. The summed E-state index contributed by atoms with van der Waals surface area (Å²) in [7, 11) is 0. The molecule has 0 amide bonds. The average molecular weight is 573 g/mol. The zero-order valence-electron chi connectivity index (χ0n) is 25.5. The second-order valence-electron chi connectivity index (χ2n) is 12.9. The van der Waals surface area contributed by atoms with E-state index in [0.717, 1.165) is 0 Å². The van der Waals surface area contributed by atoms with Crippen LogP contribution in [0.15, 0.2) is 158 Å². The highest BCUT2D eigenvalue weighted by Gasteiger charge is 2.35. The lowest BCUT2D eigenvalue weighted by atomic mass is 9.81. The zero-order valence-corrected chi connectivity index (χ0v) is 25.5. The van der Waals surface area contributed by atoms with Gasteiger partial charge in [-0.1, -0.05) is 153 Å². The predicted octanol–water partition coefficient (Wildman–Crippen LogP) is 12.5. The lowest BCUT2D eigenvalue weighted by Crippen LogP contribution is -2.14. The Balaban J connectivity index is 1.34. The van der Waals surface area contributed by atoms with Crippen molar-refractivity contribution in [2.75, 3.05) is 0 Å². The van der Waals surface area contributed by atoms with Gasteiger partial charge in [-0.05, 0) is 106 Å². The first-order valence-electron chi connectivity index (χ1n) is 15.9. The molecule has 0 radical (unpaired) electrons. The molecule has 0 nitrogen and oxygen atoms in total. The summed E-state index contributed by atoms with van der Waals surface area (Å²) in [6.45, 7) is 4.73. The molecule has 45 heavy (non-hydrogen) atoms. The second-order valence-corrected chi connectivity index (χ2v) is 12.9. The Bertz CT molecular complexity index is 2390. The van der Waals surface area contributed by atoms with E-state index >= 15 is 0 Å². The molecule has 8 aromatic rings. The first-order chi connectivity index (χ1) is 22.1. The summed E-state index contributed by atoms with van der Waals surface area (Å²) in [6.07, 6.45) is 0. The molecular weight excluding hydrogens is 540 g/mol. The van der Waals surface area contributed by atoms with E-state index in [2.05, 4.69) is 172 Å². The molecule has 0 unspecified atom stereocenters. The minimum absolute atomic E-state index is 0.0466. The Kier molecular flexibility index (Phi) is 5.64. The first-order valence-corrected chi connectivity index (χ1v) is 15.9. The summed E-state index contributed by atoms with van der Waals surface area (Å²) in [6, 6.07) is 58.4. The molecule has 0 spiro atoms. The van der Waals surface area contributed by atoms with Gasteiger partial charge in [0.1, 0.15) is 0 Å². The summed E-state index contributed by atoms with van der Waals surface area (Å²) in [5.74, 6) is 0. The van der Waals surface area contributed by atoms with Gasteiger partial charge in [0, 0.05) is 5.41 Å². The van der Waals surface area contributed by atoms with Gasteiger partial charge >= 0.3 is 0 Å². The molecule has 0 bridgehead atoms. The number of hydrogen-bond acceptors (Lipinski definition) is 0. The second kappa shape index (κ2) is 9.78. The molecule has 0 saturated carbocycles. The van der Waals surface area contributed by atoms with Crippen molar-refractivity contribution in [3.63, 3.8) is 0 Å². The van der Waals surface area contributed by atoms with Crippen molar-refractivity contribution in [3.8, 4) is 44.5 Å². The normalized spacial score (nSPS) is 13.3. The van der Waals surface area contributed by atoms with Crippen LogP contribution in [0.4, 0.5) is 0 Å². The van der Waals surface area contributed by atoms with Crippen LogP contribution in [0.3, 0.4) is 0 Å². The van der Waals surface area contributed by atoms with Crippen molar-refractivity contribution < 1.29 is 0 Å². The number of hydrogen-bond donors (Lipinski definition) is 0. The molecule has 0 saturated heterocycles. The van der Waals surface area contributed by atoms with Crippen LogP contribution < -0.4 is 0 Å². The number of benzene rings is 8. The number of fused-ring (bicyclic) bond motifs is 6. The maximum absolute atomic E-state index is 2.45. The molecular formula is C45H32. The van der Waals surface area contributed by atoms with Crippen molar-refractivity contribution in [2.45, 2.75) is 19.3 Å².